The normalized spacial score (nSPS) is 22.4. The lowest BCUT2D eigenvalue weighted by Gasteiger charge is -2.25. The Labute approximate surface area is 219 Å². The third kappa shape index (κ3) is 5.95. The molecule has 1 amide bonds. The third-order valence-corrected chi connectivity index (χ3v) is 7.00. The van der Waals surface area contributed by atoms with Crippen LogP contribution in [0.1, 0.15) is 61.1 Å². The Morgan fingerprint density at radius 1 is 1.16 bits per heavy atom. The van der Waals surface area contributed by atoms with Crippen molar-refractivity contribution < 1.29 is 9.59 Å². The van der Waals surface area contributed by atoms with E-state index in [1.165, 1.54) is 0 Å². The number of ketones is 1. The minimum atomic E-state index is -0.319. The van der Waals surface area contributed by atoms with Crippen molar-refractivity contribution in [2.45, 2.75) is 45.7 Å². The van der Waals surface area contributed by atoms with E-state index in [-0.39, 0.29) is 41.5 Å². The molecule has 0 saturated carbocycles. The molecule has 37 heavy (non-hydrogen) atoms. The standard InChI is InChI=1S/C31H34N4O2/c1-19(2)30(36)20(3)15-22-13-14-27(23(16-22)17-32)34-21(4)18-33-29-24-9-5-6-10-25(24)31(37)35-28-12-8-7-11-26(28)29/h5-14,19,21-23,29,33H,3,15-16,18H2,1-2,4H3,(H,35,37). The number of hydrogen-bond donors (Lipinski definition) is 2. The highest BCUT2D eigenvalue weighted by Crippen LogP contribution is 2.34. The average Bonchev–Trinajstić information content (AvgIpc) is 3.01. The second-order valence-corrected chi connectivity index (χ2v) is 10.2. The molecule has 4 rings (SSSR count). The second-order valence-electron chi connectivity index (χ2n) is 10.2. The van der Waals surface area contributed by atoms with Crippen LogP contribution < -0.4 is 10.6 Å². The lowest BCUT2D eigenvalue weighted by molar-refractivity contribution is -0.118. The largest absolute Gasteiger partial charge is 0.322 e. The number of amides is 1. The number of nitrogens with zero attached hydrogens (tertiary/aromatic N) is 2. The first-order valence-corrected chi connectivity index (χ1v) is 12.9. The van der Waals surface area contributed by atoms with Gasteiger partial charge in [0.2, 0.25) is 0 Å². The van der Waals surface area contributed by atoms with E-state index in [2.05, 4.69) is 29.4 Å². The highest BCUT2D eigenvalue weighted by Gasteiger charge is 2.28. The van der Waals surface area contributed by atoms with Gasteiger partial charge < -0.3 is 10.6 Å². The maximum atomic E-state index is 12.8. The second kappa shape index (κ2) is 11.5. The SMILES string of the molecule is C=C(CC1C=CC(=NC(C)CNC2c3ccccc3NC(=O)c3ccccc32)C(C#N)C1)C(=O)C(C)C. The molecular formula is C31H34N4O2. The molecular weight excluding hydrogens is 460 g/mol. The molecule has 6 nitrogen and oxygen atoms in total. The van der Waals surface area contributed by atoms with Crippen molar-refractivity contribution in [3.8, 4) is 6.07 Å². The molecule has 1 aliphatic carbocycles. The topological polar surface area (TPSA) is 94.3 Å². The van der Waals surface area contributed by atoms with Gasteiger partial charge in [-0.15, -0.1) is 0 Å². The molecule has 4 atom stereocenters. The van der Waals surface area contributed by atoms with Gasteiger partial charge in [0.05, 0.1) is 29.8 Å². The molecule has 6 heteroatoms. The van der Waals surface area contributed by atoms with Gasteiger partial charge in [-0.25, -0.2) is 0 Å². The van der Waals surface area contributed by atoms with Crippen LogP contribution in [0, 0.1) is 29.1 Å². The van der Waals surface area contributed by atoms with Crippen molar-refractivity contribution in [1.29, 1.82) is 5.26 Å². The van der Waals surface area contributed by atoms with E-state index in [9.17, 15) is 14.9 Å². The lowest BCUT2D eigenvalue weighted by atomic mass is 9.81. The van der Waals surface area contributed by atoms with Crippen LogP contribution in [0.5, 0.6) is 0 Å². The number of carbonyl (C=O) groups is 2. The van der Waals surface area contributed by atoms with Crippen molar-refractivity contribution in [1.82, 2.24) is 5.32 Å². The number of benzene rings is 2. The van der Waals surface area contributed by atoms with E-state index >= 15 is 0 Å². The minimum Gasteiger partial charge on any atom is -0.322 e. The van der Waals surface area contributed by atoms with Gasteiger partial charge >= 0.3 is 0 Å². The number of anilines is 1. The fourth-order valence-corrected chi connectivity index (χ4v) is 5.07. The Hall–Kier alpha value is -3.82. The zero-order valence-corrected chi connectivity index (χ0v) is 21.7. The Kier molecular flexibility index (Phi) is 8.15. The van der Waals surface area contributed by atoms with Crippen molar-refractivity contribution in [2.75, 3.05) is 11.9 Å². The summed E-state index contributed by atoms with van der Waals surface area (Å²) < 4.78 is 0. The smallest absolute Gasteiger partial charge is 0.256 e. The van der Waals surface area contributed by atoms with Gasteiger partial charge in [-0.1, -0.05) is 62.9 Å². The van der Waals surface area contributed by atoms with E-state index in [4.69, 9.17) is 4.99 Å². The summed E-state index contributed by atoms with van der Waals surface area (Å²) in [4.78, 5) is 29.9. The van der Waals surface area contributed by atoms with Crippen LogP contribution in [0.3, 0.4) is 0 Å². The molecule has 0 spiro atoms. The molecule has 190 valence electrons. The maximum absolute atomic E-state index is 12.8. The fourth-order valence-electron chi connectivity index (χ4n) is 5.07. The molecule has 2 aromatic carbocycles. The van der Waals surface area contributed by atoms with Gasteiger partial charge in [0.25, 0.3) is 5.91 Å². The summed E-state index contributed by atoms with van der Waals surface area (Å²) in [6, 6.07) is 17.6. The lowest BCUT2D eigenvalue weighted by Crippen LogP contribution is -2.31. The van der Waals surface area contributed by atoms with Crippen LogP contribution in [0.4, 0.5) is 5.69 Å². The monoisotopic (exact) mass is 494 g/mol. The molecule has 0 aromatic heterocycles. The zero-order chi connectivity index (χ0) is 26.5. The Morgan fingerprint density at radius 2 is 1.86 bits per heavy atom. The molecule has 2 aromatic rings. The van der Waals surface area contributed by atoms with Gasteiger partial charge in [-0.3, -0.25) is 14.6 Å². The van der Waals surface area contributed by atoms with Crippen molar-refractivity contribution in [2.24, 2.45) is 22.7 Å². The van der Waals surface area contributed by atoms with Crippen LogP contribution in [-0.4, -0.2) is 30.0 Å². The summed E-state index contributed by atoms with van der Waals surface area (Å²) in [6.07, 6.45) is 5.20. The summed E-state index contributed by atoms with van der Waals surface area (Å²) in [6.45, 7) is 10.3. The van der Waals surface area contributed by atoms with E-state index in [0.29, 0.717) is 30.5 Å². The molecule has 0 saturated heterocycles. The van der Waals surface area contributed by atoms with Crippen molar-refractivity contribution >= 4 is 23.1 Å². The van der Waals surface area contributed by atoms with E-state index in [0.717, 1.165) is 22.5 Å². The molecule has 0 fully saturated rings. The number of hydrogen-bond acceptors (Lipinski definition) is 5. The van der Waals surface area contributed by atoms with Gasteiger partial charge in [-0.05, 0) is 60.6 Å². The number of rotatable bonds is 8. The van der Waals surface area contributed by atoms with E-state index < -0.39 is 0 Å². The van der Waals surface area contributed by atoms with Crippen LogP contribution in [0.25, 0.3) is 0 Å². The van der Waals surface area contributed by atoms with Gasteiger partial charge in [-0.2, -0.15) is 5.26 Å². The molecule has 0 bridgehead atoms. The Bertz CT molecular complexity index is 1300. The minimum absolute atomic E-state index is 0.0707. The van der Waals surface area contributed by atoms with E-state index in [1.54, 1.807) is 0 Å². The number of Topliss-reactive ketones (excluding diaryl/α,β-unsaturated/α-hetero) is 1. The first-order valence-electron chi connectivity index (χ1n) is 12.9. The zero-order valence-electron chi connectivity index (χ0n) is 21.7. The third-order valence-electron chi connectivity index (χ3n) is 7.00. The highest BCUT2D eigenvalue weighted by atomic mass is 16.1. The highest BCUT2D eigenvalue weighted by molar-refractivity contribution is 6.07. The number of para-hydroxylation sites is 1. The van der Waals surface area contributed by atoms with Crippen molar-refractivity contribution in [3.05, 3.63) is 89.5 Å². The summed E-state index contributed by atoms with van der Waals surface area (Å²) in [5.41, 5.74) is 4.77. The van der Waals surface area contributed by atoms with Gasteiger partial charge in [0.1, 0.15) is 0 Å². The fraction of sp³-hybridized carbons (Fsp3) is 0.355. The summed E-state index contributed by atoms with van der Waals surface area (Å²) in [7, 11) is 0. The molecule has 2 N–H and O–H groups in total. The quantitative estimate of drug-likeness (QED) is 0.464. The maximum Gasteiger partial charge on any atom is 0.256 e. The number of aliphatic imine (C=N–C) groups is 1. The number of nitriles is 1. The van der Waals surface area contributed by atoms with E-state index in [1.807, 2.05) is 75.4 Å². The number of allylic oxidation sites excluding steroid dienone is 3. The van der Waals surface area contributed by atoms with Crippen LogP contribution in [0.15, 0.2) is 77.8 Å². The number of carbonyl (C=O) groups excluding carboxylic acids is 2. The molecule has 1 aliphatic heterocycles. The molecule has 2 aliphatic rings. The predicted octanol–water partition coefficient (Wildman–Crippen LogP) is 5.65. The summed E-state index contributed by atoms with van der Waals surface area (Å²) in [5, 5.41) is 16.5. The Balaban J connectivity index is 1.49. The van der Waals surface area contributed by atoms with Crippen molar-refractivity contribution in [3.63, 3.8) is 0 Å². The first kappa shape index (κ1) is 26.2. The van der Waals surface area contributed by atoms with Crippen LogP contribution in [-0.2, 0) is 4.79 Å². The van der Waals surface area contributed by atoms with Crippen LogP contribution >= 0.6 is 0 Å². The number of fused-ring (bicyclic) bond motifs is 2. The molecule has 4 unspecified atom stereocenters. The summed E-state index contributed by atoms with van der Waals surface area (Å²) >= 11 is 0. The Morgan fingerprint density at radius 3 is 2.59 bits per heavy atom. The molecule has 1 heterocycles. The van der Waals surface area contributed by atoms with Crippen LogP contribution in [0.2, 0.25) is 0 Å². The van der Waals surface area contributed by atoms with Gasteiger partial charge in [0.15, 0.2) is 5.78 Å². The average molecular weight is 495 g/mol. The summed E-state index contributed by atoms with van der Waals surface area (Å²) in [5.74, 6) is -0.313. The predicted molar refractivity (Wildman–Crippen MR) is 148 cm³/mol. The first-order chi connectivity index (χ1) is 17.8. The van der Waals surface area contributed by atoms with Gasteiger partial charge in [0, 0.05) is 23.7 Å². The number of nitrogens with one attached hydrogen (secondary N) is 2. The molecule has 0 radical (unpaired) electrons.